The zero-order chi connectivity index (χ0) is 18.6. The van der Waals surface area contributed by atoms with Crippen LogP contribution in [0.15, 0.2) is 36.5 Å². The molecular weight excluding hydrogens is 371 g/mol. The highest BCUT2D eigenvalue weighted by molar-refractivity contribution is 6.30. The maximum Gasteiger partial charge on any atom is 0.324 e. The van der Waals surface area contributed by atoms with E-state index >= 15 is 0 Å². The molecule has 27 heavy (non-hydrogen) atoms. The highest BCUT2D eigenvalue weighted by Gasteiger charge is 2.54. The highest BCUT2D eigenvalue weighted by atomic mass is 35.5. The molecule has 5 rings (SSSR count). The number of carbonyl (C=O) groups is 1. The number of halogens is 2. The first-order chi connectivity index (χ1) is 13.0. The molecule has 1 aromatic carbocycles. The van der Waals surface area contributed by atoms with Gasteiger partial charge >= 0.3 is 6.03 Å². The first-order valence-corrected chi connectivity index (χ1v) is 9.27. The van der Waals surface area contributed by atoms with Crippen LogP contribution >= 0.6 is 11.6 Å². The van der Waals surface area contributed by atoms with Crippen molar-refractivity contribution in [3.8, 4) is 5.75 Å². The Morgan fingerprint density at radius 1 is 1.22 bits per heavy atom. The lowest BCUT2D eigenvalue weighted by atomic mass is 9.73. The van der Waals surface area contributed by atoms with Gasteiger partial charge in [-0.05, 0) is 24.3 Å². The minimum Gasteiger partial charge on any atom is -0.489 e. The Balaban J connectivity index is 1.24. The van der Waals surface area contributed by atoms with Crippen LogP contribution in [-0.4, -0.2) is 55.2 Å². The van der Waals surface area contributed by atoms with Crippen LogP contribution in [0.3, 0.4) is 0 Å². The molecule has 0 N–H and O–H groups in total. The largest absolute Gasteiger partial charge is 0.489 e. The number of likely N-dealkylation sites (tertiary alicyclic amines) is 1. The summed E-state index contributed by atoms with van der Waals surface area (Å²) in [5.41, 5.74) is 0.803. The number of nitrogens with zero attached hydrogens (tertiary/aromatic N) is 4. The van der Waals surface area contributed by atoms with Crippen LogP contribution in [0.2, 0.25) is 5.02 Å². The highest BCUT2D eigenvalue weighted by Crippen LogP contribution is 2.43. The van der Waals surface area contributed by atoms with Gasteiger partial charge in [-0.3, -0.25) is 4.90 Å². The van der Waals surface area contributed by atoms with Crippen LogP contribution in [-0.2, 0) is 0 Å². The number of hydrogen-bond acceptors (Lipinski definition) is 4. The molecule has 1 spiro atoms. The van der Waals surface area contributed by atoms with Gasteiger partial charge in [-0.25, -0.2) is 14.2 Å². The number of benzene rings is 1. The normalized spacial score (nSPS) is 19.9. The third-order valence-corrected chi connectivity index (χ3v) is 5.67. The molecule has 2 saturated heterocycles. The molecule has 140 valence electrons. The molecule has 2 aromatic rings. The van der Waals surface area contributed by atoms with Gasteiger partial charge in [-0.1, -0.05) is 11.6 Å². The molecule has 3 aliphatic rings. The van der Waals surface area contributed by atoms with Crippen molar-refractivity contribution < 1.29 is 13.9 Å². The fraction of sp³-hybridized carbons (Fsp3) is 0.368. The number of anilines is 2. The van der Waals surface area contributed by atoms with Gasteiger partial charge in [-0.2, -0.15) is 0 Å². The first kappa shape index (κ1) is 16.6. The molecule has 3 aliphatic heterocycles. The Morgan fingerprint density at radius 3 is 2.81 bits per heavy atom. The number of ether oxygens (including phenoxy) is 1. The van der Waals surface area contributed by atoms with Crippen LogP contribution in [0.4, 0.5) is 20.7 Å². The van der Waals surface area contributed by atoms with Crippen LogP contribution < -0.4 is 14.5 Å². The maximum absolute atomic E-state index is 13.9. The summed E-state index contributed by atoms with van der Waals surface area (Å²) in [5.74, 6) is 0.730. The van der Waals surface area contributed by atoms with E-state index in [0.717, 1.165) is 18.8 Å². The lowest BCUT2D eigenvalue weighted by molar-refractivity contribution is 0.00893. The standard InChI is InChI=1S/C19H18ClFN4O2/c20-13-3-4-15-16(8-13)27-7-6-25(15)18(26)24-11-19(12-24)9-23(10-19)17-14(21)2-1-5-22-17/h1-5,8H,6-7,9-12H2. The summed E-state index contributed by atoms with van der Waals surface area (Å²) >= 11 is 6.01. The Labute approximate surface area is 161 Å². The third-order valence-electron chi connectivity index (χ3n) is 5.43. The number of amides is 2. The van der Waals surface area contributed by atoms with E-state index in [2.05, 4.69) is 4.98 Å². The van der Waals surface area contributed by atoms with Gasteiger partial charge in [0, 0.05) is 48.9 Å². The molecule has 0 unspecified atom stereocenters. The predicted molar refractivity (Wildman–Crippen MR) is 100 cm³/mol. The molecule has 0 saturated carbocycles. The van der Waals surface area contributed by atoms with E-state index in [-0.39, 0.29) is 17.3 Å². The SMILES string of the molecule is O=C(N1CC2(C1)CN(c1ncccc1F)C2)N1CCOc2cc(Cl)ccc21. The lowest BCUT2D eigenvalue weighted by Gasteiger charge is -2.60. The topological polar surface area (TPSA) is 48.9 Å². The van der Waals surface area contributed by atoms with Crippen molar-refractivity contribution in [3.63, 3.8) is 0 Å². The fourth-order valence-corrected chi connectivity index (χ4v) is 4.35. The second-order valence-corrected chi connectivity index (χ2v) is 7.85. The van der Waals surface area contributed by atoms with Crippen molar-refractivity contribution in [1.29, 1.82) is 0 Å². The number of fused-ring (bicyclic) bond motifs is 1. The molecule has 0 atom stereocenters. The molecule has 2 fully saturated rings. The first-order valence-electron chi connectivity index (χ1n) is 8.89. The Morgan fingerprint density at radius 2 is 2.04 bits per heavy atom. The van der Waals surface area contributed by atoms with Crippen molar-refractivity contribution in [2.45, 2.75) is 0 Å². The molecule has 0 radical (unpaired) electrons. The third kappa shape index (κ3) is 2.68. The van der Waals surface area contributed by atoms with Crippen LogP contribution in [0, 0.1) is 11.2 Å². The van der Waals surface area contributed by atoms with E-state index in [1.807, 2.05) is 15.9 Å². The molecule has 0 aliphatic carbocycles. The van der Waals surface area contributed by atoms with Gasteiger partial charge in [0.2, 0.25) is 0 Å². The van der Waals surface area contributed by atoms with Gasteiger partial charge in [0.15, 0.2) is 11.6 Å². The minimum atomic E-state index is -0.303. The summed E-state index contributed by atoms with van der Waals surface area (Å²) in [6.07, 6.45) is 1.60. The van der Waals surface area contributed by atoms with Gasteiger partial charge in [-0.15, -0.1) is 0 Å². The van der Waals surface area contributed by atoms with E-state index < -0.39 is 0 Å². The predicted octanol–water partition coefficient (Wildman–Crippen LogP) is 3.02. The molecule has 2 amide bonds. The summed E-state index contributed by atoms with van der Waals surface area (Å²) < 4.78 is 19.5. The van der Waals surface area contributed by atoms with Crippen molar-refractivity contribution in [3.05, 3.63) is 47.4 Å². The lowest BCUT2D eigenvalue weighted by Crippen LogP contribution is -2.74. The van der Waals surface area contributed by atoms with Gasteiger partial charge in [0.25, 0.3) is 0 Å². The zero-order valence-corrected chi connectivity index (χ0v) is 15.3. The van der Waals surface area contributed by atoms with Gasteiger partial charge in [0.1, 0.15) is 12.4 Å². The van der Waals surface area contributed by atoms with Crippen molar-refractivity contribution in [2.75, 3.05) is 49.1 Å². The van der Waals surface area contributed by atoms with Gasteiger partial charge < -0.3 is 14.5 Å². The van der Waals surface area contributed by atoms with Gasteiger partial charge in [0.05, 0.1) is 12.2 Å². The van der Waals surface area contributed by atoms with E-state index in [1.165, 1.54) is 6.07 Å². The summed E-state index contributed by atoms with van der Waals surface area (Å²) in [5, 5.41) is 0.585. The summed E-state index contributed by atoms with van der Waals surface area (Å²) in [6.45, 7) is 3.77. The van der Waals surface area contributed by atoms with E-state index in [4.69, 9.17) is 16.3 Å². The molecule has 0 bridgehead atoms. The summed E-state index contributed by atoms with van der Waals surface area (Å²) in [6, 6.07) is 8.31. The monoisotopic (exact) mass is 388 g/mol. The van der Waals surface area contributed by atoms with Crippen molar-refractivity contribution in [2.24, 2.45) is 5.41 Å². The smallest absolute Gasteiger partial charge is 0.324 e. The molecule has 6 nitrogen and oxygen atoms in total. The van der Waals surface area contributed by atoms with E-state index in [9.17, 15) is 9.18 Å². The Hall–Kier alpha value is -2.54. The Bertz CT molecular complexity index is 910. The average Bonchev–Trinajstić information content (AvgIpc) is 2.59. The number of carbonyl (C=O) groups excluding carboxylic acids is 1. The van der Waals surface area contributed by atoms with Crippen molar-refractivity contribution in [1.82, 2.24) is 9.88 Å². The number of urea groups is 1. The number of rotatable bonds is 1. The molecule has 1 aromatic heterocycles. The number of hydrogen-bond donors (Lipinski definition) is 0. The zero-order valence-electron chi connectivity index (χ0n) is 14.6. The van der Waals surface area contributed by atoms with Crippen LogP contribution in [0.25, 0.3) is 0 Å². The maximum atomic E-state index is 13.9. The number of pyridine rings is 1. The van der Waals surface area contributed by atoms with Crippen LogP contribution in [0.1, 0.15) is 0 Å². The quantitative estimate of drug-likeness (QED) is 0.753. The molecule has 8 heteroatoms. The second kappa shape index (κ2) is 5.99. The molecule has 4 heterocycles. The second-order valence-electron chi connectivity index (χ2n) is 7.42. The average molecular weight is 389 g/mol. The minimum absolute atomic E-state index is 0.0186. The summed E-state index contributed by atoms with van der Waals surface area (Å²) in [7, 11) is 0. The fourth-order valence-electron chi connectivity index (χ4n) is 4.19. The van der Waals surface area contributed by atoms with E-state index in [1.54, 1.807) is 29.3 Å². The number of aromatic nitrogens is 1. The molecular formula is C19H18ClFN4O2. The summed E-state index contributed by atoms with van der Waals surface area (Å²) in [4.78, 5) is 22.6. The van der Waals surface area contributed by atoms with Crippen molar-refractivity contribution >= 4 is 29.1 Å². The van der Waals surface area contributed by atoms with Crippen LogP contribution in [0.5, 0.6) is 5.75 Å². The van der Waals surface area contributed by atoms with E-state index in [0.29, 0.717) is 42.8 Å². The Kier molecular flexibility index (Phi) is 3.69.